The van der Waals surface area contributed by atoms with Crippen LogP contribution in [0, 0.1) is 0 Å². The third kappa shape index (κ3) is 2.51. The van der Waals surface area contributed by atoms with Gasteiger partial charge >= 0.3 is 0 Å². The summed E-state index contributed by atoms with van der Waals surface area (Å²) in [5, 5.41) is 12.2. The molecule has 0 N–H and O–H groups in total. The largest absolute Gasteiger partial charge is 0.157 e. The van der Waals surface area contributed by atoms with Crippen molar-refractivity contribution in [3.63, 3.8) is 0 Å². The molecule has 0 fully saturated rings. The molecule has 0 spiro atoms. The van der Waals surface area contributed by atoms with Crippen LogP contribution in [0.4, 0.5) is 0 Å². The first-order valence-electron chi connectivity index (χ1n) is 6.31. The number of alkyl halides is 1. The fraction of sp³-hybridized carbons (Fsp3) is 0.0667. The van der Waals surface area contributed by atoms with E-state index in [1.807, 2.05) is 30.3 Å². The molecule has 0 aliphatic carbocycles. The molecule has 2 nitrogen and oxygen atoms in total. The monoisotopic (exact) mass is 348 g/mol. The average Bonchev–Trinajstić information content (AvgIpc) is 3.22. The molecule has 1 unspecified atom stereocenters. The number of rotatable bonds is 3. The number of aromatic nitrogens is 2. The minimum atomic E-state index is -0.237. The van der Waals surface area contributed by atoms with Crippen LogP contribution >= 0.6 is 45.6 Å². The lowest BCUT2D eigenvalue weighted by molar-refractivity contribution is 0.989. The summed E-state index contributed by atoms with van der Waals surface area (Å²) in [6.07, 6.45) is 0. The summed E-state index contributed by atoms with van der Waals surface area (Å²) in [5.41, 5.74) is 1.05. The summed E-state index contributed by atoms with van der Waals surface area (Å²) in [5.74, 6) is 0. The first-order chi connectivity index (χ1) is 10.3. The molecule has 6 heteroatoms. The number of hydrogen-bond donors (Lipinski definition) is 0. The molecule has 3 heterocycles. The Bertz CT molecular complexity index is 850. The van der Waals surface area contributed by atoms with Crippen LogP contribution in [0.25, 0.3) is 19.3 Å². The second-order valence-electron chi connectivity index (χ2n) is 4.48. The van der Waals surface area contributed by atoms with Crippen molar-refractivity contribution in [2.24, 2.45) is 0 Å². The molecule has 21 heavy (non-hydrogen) atoms. The lowest BCUT2D eigenvalue weighted by atomic mass is 10.1. The van der Waals surface area contributed by atoms with Crippen LogP contribution in [0.1, 0.15) is 15.9 Å². The highest BCUT2D eigenvalue weighted by molar-refractivity contribution is 7.30. The van der Waals surface area contributed by atoms with E-state index in [1.165, 1.54) is 9.40 Å². The predicted octanol–water partition coefficient (Wildman–Crippen LogP) is 5.81. The van der Waals surface area contributed by atoms with Crippen LogP contribution in [0.15, 0.2) is 47.8 Å². The highest BCUT2D eigenvalue weighted by Gasteiger charge is 2.17. The zero-order chi connectivity index (χ0) is 14.2. The zero-order valence-corrected chi connectivity index (χ0v) is 13.9. The smallest absolute Gasteiger partial charge is 0.143 e. The number of benzene rings is 1. The molecule has 0 radical (unpaired) electrons. The van der Waals surface area contributed by atoms with E-state index in [4.69, 9.17) is 11.6 Å². The number of hydrogen-bond acceptors (Lipinski definition) is 5. The summed E-state index contributed by atoms with van der Waals surface area (Å²) in [7, 11) is 0. The molecule has 4 rings (SSSR count). The minimum Gasteiger partial charge on any atom is -0.143 e. The Morgan fingerprint density at radius 3 is 2.62 bits per heavy atom. The molecule has 0 amide bonds. The lowest BCUT2D eigenvalue weighted by Crippen LogP contribution is -1.91. The third-order valence-electron chi connectivity index (χ3n) is 3.10. The van der Waals surface area contributed by atoms with Crippen LogP contribution in [-0.4, -0.2) is 10.2 Å². The lowest BCUT2D eigenvalue weighted by Gasteiger charge is -2.04. The van der Waals surface area contributed by atoms with Crippen molar-refractivity contribution in [3.05, 3.63) is 58.4 Å². The summed E-state index contributed by atoms with van der Waals surface area (Å²) in [4.78, 5) is 1.16. The molecule has 0 aliphatic heterocycles. The van der Waals surface area contributed by atoms with E-state index in [1.54, 1.807) is 34.0 Å². The molecule has 3 aromatic heterocycles. The quantitative estimate of drug-likeness (QED) is 0.436. The predicted molar refractivity (Wildman–Crippen MR) is 92.7 cm³/mol. The Kier molecular flexibility index (Phi) is 3.51. The van der Waals surface area contributed by atoms with Gasteiger partial charge in [-0.05, 0) is 23.1 Å². The maximum absolute atomic E-state index is 6.50. The van der Waals surface area contributed by atoms with Gasteiger partial charge in [0.2, 0.25) is 0 Å². The fourth-order valence-corrected chi connectivity index (χ4v) is 5.39. The first-order valence-corrected chi connectivity index (χ1v) is 9.26. The van der Waals surface area contributed by atoms with E-state index in [2.05, 4.69) is 27.7 Å². The van der Waals surface area contributed by atoms with Gasteiger partial charge in [0, 0.05) is 9.40 Å². The molecule has 1 atom stereocenters. The SMILES string of the molecule is ClC(c1ccccc1)c1nnc(-c2cc3sccc3s2)s1. The third-order valence-corrected chi connectivity index (χ3v) is 6.94. The fourth-order valence-electron chi connectivity index (χ4n) is 2.07. The second kappa shape index (κ2) is 5.50. The molecule has 4 aromatic rings. The van der Waals surface area contributed by atoms with E-state index >= 15 is 0 Å². The van der Waals surface area contributed by atoms with E-state index < -0.39 is 0 Å². The summed E-state index contributed by atoms with van der Waals surface area (Å²) < 4.78 is 2.61. The molecule has 1 aromatic carbocycles. The topological polar surface area (TPSA) is 25.8 Å². The first kappa shape index (κ1) is 13.4. The van der Waals surface area contributed by atoms with Gasteiger partial charge in [0.15, 0.2) is 5.01 Å². The summed E-state index contributed by atoms with van der Waals surface area (Å²) >= 11 is 11.6. The molecule has 0 aliphatic rings. The average molecular weight is 349 g/mol. The Labute approximate surface area is 138 Å². The Morgan fingerprint density at radius 1 is 0.952 bits per heavy atom. The Morgan fingerprint density at radius 2 is 1.81 bits per heavy atom. The Hall–Kier alpha value is -1.27. The van der Waals surface area contributed by atoms with Crippen LogP contribution in [0.5, 0.6) is 0 Å². The molecule has 0 bridgehead atoms. The normalized spacial score (nSPS) is 12.8. The van der Waals surface area contributed by atoms with Crippen molar-refractivity contribution in [2.45, 2.75) is 5.38 Å². The van der Waals surface area contributed by atoms with Gasteiger partial charge in [0.05, 0.1) is 4.88 Å². The van der Waals surface area contributed by atoms with Gasteiger partial charge < -0.3 is 0 Å². The van der Waals surface area contributed by atoms with Gasteiger partial charge in [0.1, 0.15) is 10.4 Å². The molecular formula is C15H9ClN2S3. The second-order valence-corrected chi connectivity index (χ2v) is 7.96. The van der Waals surface area contributed by atoms with Crippen LogP contribution in [-0.2, 0) is 0 Å². The van der Waals surface area contributed by atoms with Crippen molar-refractivity contribution >= 4 is 55.0 Å². The molecule has 104 valence electrons. The number of thiophene rings is 2. The van der Waals surface area contributed by atoms with E-state index in [9.17, 15) is 0 Å². The van der Waals surface area contributed by atoms with Crippen molar-refractivity contribution in [1.29, 1.82) is 0 Å². The maximum atomic E-state index is 6.50. The molecule has 0 saturated heterocycles. The standard InChI is InChI=1S/C15H9ClN2S3/c16-13(9-4-2-1-3-5-9)15-18-17-14(21-15)12-8-11-10(20-12)6-7-19-11/h1-8,13H. The van der Waals surface area contributed by atoms with Gasteiger partial charge in [-0.2, -0.15) is 0 Å². The van der Waals surface area contributed by atoms with Crippen molar-refractivity contribution < 1.29 is 0 Å². The van der Waals surface area contributed by atoms with Gasteiger partial charge in [-0.15, -0.1) is 44.5 Å². The Balaban J connectivity index is 1.68. The minimum absolute atomic E-state index is 0.237. The van der Waals surface area contributed by atoms with Crippen molar-refractivity contribution in [1.82, 2.24) is 10.2 Å². The van der Waals surface area contributed by atoms with E-state index in [-0.39, 0.29) is 5.38 Å². The van der Waals surface area contributed by atoms with Crippen LogP contribution in [0.3, 0.4) is 0 Å². The van der Waals surface area contributed by atoms with E-state index in [0.29, 0.717) is 0 Å². The number of nitrogens with zero attached hydrogens (tertiary/aromatic N) is 2. The van der Waals surface area contributed by atoms with E-state index in [0.717, 1.165) is 20.5 Å². The maximum Gasteiger partial charge on any atom is 0.157 e. The van der Waals surface area contributed by atoms with Gasteiger partial charge in [-0.1, -0.05) is 41.7 Å². The summed E-state index contributed by atoms with van der Waals surface area (Å²) in [6, 6.07) is 14.3. The van der Waals surface area contributed by atoms with Crippen molar-refractivity contribution in [2.75, 3.05) is 0 Å². The van der Waals surface area contributed by atoms with Gasteiger partial charge in [0.25, 0.3) is 0 Å². The van der Waals surface area contributed by atoms with Crippen LogP contribution < -0.4 is 0 Å². The van der Waals surface area contributed by atoms with Gasteiger partial charge in [-0.25, -0.2) is 0 Å². The summed E-state index contributed by atoms with van der Waals surface area (Å²) in [6.45, 7) is 0. The van der Waals surface area contributed by atoms with Gasteiger partial charge in [-0.3, -0.25) is 0 Å². The molecular weight excluding hydrogens is 340 g/mol. The highest BCUT2D eigenvalue weighted by Crippen LogP contribution is 2.39. The number of fused-ring (bicyclic) bond motifs is 1. The number of halogens is 1. The van der Waals surface area contributed by atoms with Crippen LogP contribution in [0.2, 0.25) is 0 Å². The highest BCUT2D eigenvalue weighted by atomic mass is 35.5. The van der Waals surface area contributed by atoms with Crippen molar-refractivity contribution in [3.8, 4) is 9.88 Å². The zero-order valence-electron chi connectivity index (χ0n) is 10.7. The molecule has 0 saturated carbocycles.